The number of carboxylic acid groups (broad SMARTS) is 2. The summed E-state index contributed by atoms with van der Waals surface area (Å²) in [4.78, 5) is 79.1. The summed E-state index contributed by atoms with van der Waals surface area (Å²) in [5.74, 6) is -14.4. The Kier molecular flexibility index (Phi) is 52.3. The molecule has 6 fully saturated rings. The van der Waals surface area contributed by atoms with Gasteiger partial charge in [-0.25, -0.2) is 9.59 Å². The second-order valence-electron chi connectivity index (χ2n) is 35.7. The lowest BCUT2D eigenvalue weighted by atomic mass is 9.87. The van der Waals surface area contributed by atoms with E-state index in [1.807, 2.05) is 6.08 Å². The van der Waals surface area contributed by atoms with Gasteiger partial charge in [0.2, 0.25) is 23.6 Å². The Balaban J connectivity index is 1.19. The van der Waals surface area contributed by atoms with Crippen molar-refractivity contribution in [2.45, 2.75) is 460 Å². The van der Waals surface area contributed by atoms with Crippen LogP contribution in [0.4, 0.5) is 0 Å². The monoisotopic (exact) mass is 1890 g/mol. The summed E-state index contributed by atoms with van der Waals surface area (Å²) in [5, 5.41) is 246. The quantitative estimate of drug-likeness (QED) is 0.0225. The number of aliphatic hydroxyl groups is 19. The molecule has 6 aliphatic rings. The predicted octanol–water partition coefficient (Wildman–Crippen LogP) is -2.31. The standard InChI is InChI=1S/C88H156N4O39/c1-6-8-10-12-14-16-18-20-21-22-23-24-25-27-29-31-33-35-37-39-62(105)92-52(53(101)38-36-34-32-30-28-26-19-17-15-13-11-9-7-2)47-120-82-74(114)71(111)77(59(45-96)123-82)127-84-75(115)72(112)76(60(46-97)124-84)126-81-65(91-51(5)100)78(128-83-73(113)70(110)67(107)57(43-94)122-83)69(109)61(125-81)48-121-87(85(116)117)40-54(102)64(90-50(4)99)80(130-87)68(108)58(44-95)129-88(86(118)119)41-55(103)63(89-49(3)98)79(131-88)66(106)56(104)42-93/h36,38,52-61,63-84,93-97,101-104,106-115H,6-35,37,39-48H2,1-5H3,(H,89,98)(H,90,99)(H,91,100)(H,92,105)(H,116,117)(H,118,119)/b38-36+/t52-,53+,54?,55?,56+,57?,58+,59?,60?,61?,63+,64+,65?,66+,67-,68+,69-,70-,71+,72+,73?,74?,75?,76-,77+,78+,79?,80?,81-,82+,83-,84-,87+,88+/m0/s1. The first-order valence-electron chi connectivity index (χ1n) is 47.2. The summed E-state index contributed by atoms with van der Waals surface area (Å²) < 4.78 is 71.2. The first kappa shape index (κ1) is 115. The molecule has 0 spiro atoms. The van der Waals surface area contributed by atoms with E-state index in [2.05, 4.69) is 35.1 Å². The van der Waals surface area contributed by atoms with Gasteiger partial charge in [0.05, 0.1) is 82.7 Å². The third-order valence-corrected chi connectivity index (χ3v) is 25.1. The summed E-state index contributed by atoms with van der Waals surface area (Å²) in [7, 11) is 0. The van der Waals surface area contributed by atoms with Crippen LogP contribution in [0, 0.1) is 0 Å². The molecule has 0 aromatic heterocycles. The van der Waals surface area contributed by atoms with E-state index in [1.165, 1.54) is 128 Å². The van der Waals surface area contributed by atoms with Crippen molar-refractivity contribution >= 4 is 35.6 Å². The third kappa shape index (κ3) is 35.0. The molecule has 25 N–H and O–H groups in total. The highest BCUT2D eigenvalue weighted by atomic mass is 16.8. The zero-order chi connectivity index (χ0) is 96.7. The Hall–Kier alpha value is -4.68. The van der Waals surface area contributed by atoms with Gasteiger partial charge >= 0.3 is 11.9 Å². The number of aliphatic hydroxyl groups excluding tert-OH is 19. The number of hydrogen-bond donors (Lipinski definition) is 25. The van der Waals surface area contributed by atoms with Crippen molar-refractivity contribution in [2.24, 2.45) is 0 Å². The van der Waals surface area contributed by atoms with Crippen molar-refractivity contribution in [3.05, 3.63) is 12.2 Å². The van der Waals surface area contributed by atoms with E-state index in [9.17, 15) is 136 Å². The average molecular weight is 1890 g/mol. The van der Waals surface area contributed by atoms with E-state index in [4.69, 9.17) is 56.8 Å². The molecule has 6 aliphatic heterocycles. The molecular weight excluding hydrogens is 1740 g/mol. The van der Waals surface area contributed by atoms with Gasteiger partial charge in [0, 0.05) is 40.0 Å². The smallest absolute Gasteiger partial charge is 0.364 e. The molecule has 6 rings (SSSR count). The summed E-state index contributed by atoms with van der Waals surface area (Å²) in [6.45, 7) is -0.664. The van der Waals surface area contributed by atoms with Crippen LogP contribution in [-0.4, -0.2) is 396 Å². The molecule has 12 unspecified atom stereocenters. The van der Waals surface area contributed by atoms with Crippen LogP contribution in [0.1, 0.15) is 253 Å². The number of carboxylic acids is 2. The minimum atomic E-state index is -3.39. The number of nitrogens with one attached hydrogen (secondary N) is 4. The fraction of sp³-hybridized carbons (Fsp3) is 0.909. The van der Waals surface area contributed by atoms with Crippen LogP contribution in [0.25, 0.3) is 0 Å². The second-order valence-corrected chi connectivity index (χ2v) is 35.7. The molecule has 43 nitrogen and oxygen atoms in total. The first-order chi connectivity index (χ1) is 62.5. The molecule has 0 radical (unpaired) electrons. The lowest BCUT2D eigenvalue weighted by Gasteiger charge is -2.51. The van der Waals surface area contributed by atoms with Gasteiger partial charge in [-0.1, -0.05) is 206 Å². The maximum atomic E-state index is 13.8. The molecule has 0 bridgehead atoms. The largest absolute Gasteiger partial charge is 0.477 e. The Labute approximate surface area is 765 Å². The summed E-state index contributed by atoms with van der Waals surface area (Å²) >= 11 is 0. The van der Waals surface area contributed by atoms with E-state index in [0.29, 0.717) is 12.8 Å². The SMILES string of the molecule is CCCCCCCCCCCCC/C=C/[C@@H](O)[C@H](CO[C@@H]1OC(CO)[C@@H](O[C@@H]2OC(CO)[C@H](O[C@@H]3OC(CO[C@]4(C(=O)O)CC(O)[C@@H](NC(C)=O)C([C@H](O)[C@@H](CO)O[C@]5(C(=O)O)CC(O)[C@@H](NC(C)=O)C([C@H](O)[C@H](O)CO)O5)O4)[C@H](O)[C@H](O[C@@H]4OC(CO)[C@H](O)[C@H](O)C4O)C3NC(C)=O)[C@H](O)C2O)[C@H](O)C1O)NC(=O)CCCCCCCCCCCCCCCCCCCCC. The number of unbranched alkanes of at least 4 members (excludes halogenated alkanes) is 29. The number of rotatable bonds is 63. The molecular formula is C88H156N4O39. The van der Waals surface area contributed by atoms with E-state index in [1.54, 1.807) is 6.08 Å². The Morgan fingerprint density at radius 1 is 0.420 bits per heavy atom. The van der Waals surface area contributed by atoms with Gasteiger partial charge in [-0.05, 0) is 19.3 Å². The number of aliphatic carboxylic acids is 2. The fourth-order valence-corrected chi connectivity index (χ4v) is 17.5. The van der Waals surface area contributed by atoms with E-state index in [0.717, 1.165) is 78.6 Å². The third-order valence-electron chi connectivity index (χ3n) is 25.1. The number of carbonyl (C=O) groups excluding carboxylic acids is 4. The zero-order valence-electron chi connectivity index (χ0n) is 76.4. The normalized spacial score (nSPS) is 34.4. The van der Waals surface area contributed by atoms with Crippen LogP contribution >= 0.6 is 0 Å². The van der Waals surface area contributed by atoms with Crippen molar-refractivity contribution in [3.8, 4) is 0 Å². The Bertz CT molecular complexity index is 3270. The number of ether oxygens (including phenoxy) is 12. The highest BCUT2D eigenvalue weighted by molar-refractivity contribution is 5.78. The van der Waals surface area contributed by atoms with Crippen molar-refractivity contribution in [3.63, 3.8) is 0 Å². The van der Waals surface area contributed by atoms with Gasteiger partial charge < -0.3 is 185 Å². The van der Waals surface area contributed by atoms with Crippen LogP contribution in [0.3, 0.4) is 0 Å². The Morgan fingerprint density at radius 2 is 0.809 bits per heavy atom. The first-order valence-corrected chi connectivity index (χ1v) is 47.2. The molecule has 0 aromatic rings. The van der Waals surface area contributed by atoms with E-state index < -0.39 is 296 Å². The zero-order valence-corrected chi connectivity index (χ0v) is 76.4. The minimum absolute atomic E-state index is 0.136. The van der Waals surface area contributed by atoms with Crippen LogP contribution in [0.5, 0.6) is 0 Å². The summed E-state index contributed by atoms with van der Waals surface area (Å²) in [6, 6.07) is -6.90. The van der Waals surface area contributed by atoms with Crippen molar-refractivity contribution in [2.75, 3.05) is 46.2 Å². The van der Waals surface area contributed by atoms with Gasteiger partial charge in [-0.3, -0.25) is 19.2 Å². The molecule has 762 valence electrons. The minimum Gasteiger partial charge on any atom is -0.477 e. The molecule has 131 heavy (non-hydrogen) atoms. The Morgan fingerprint density at radius 3 is 1.26 bits per heavy atom. The molecule has 0 saturated carbocycles. The number of hydrogen-bond acceptors (Lipinski definition) is 37. The predicted molar refractivity (Wildman–Crippen MR) is 458 cm³/mol. The molecule has 0 aliphatic carbocycles. The highest BCUT2D eigenvalue weighted by Gasteiger charge is 2.63. The van der Waals surface area contributed by atoms with Crippen LogP contribution in [0.15, 0.2) is 12.2 Å². The van der Waals surface area contributed by atoms with Crippen molar-refractivity contribution < 1.29 is 193 Å². The topological polar surface area (TPSA) is 686 Å². The van der Waals surface area contributed by atoms with Gasteiger partial charge in [-0.15, -0.1) is 0 Å². The molecule has 34 atom stereocenters. The number of allylic oxidation sites excluding steroid dienone is 1. The fourth-order valence-electron chi connectivity index (χ4n) is 17.5. The number of carbonyl (C=O) groups is 6. The summed E-state index contributed by atoms with van der Waals surface area (Å²) in [6.07, 6.45) is -23.4. The maximum Gasteiger partial charge on any atom is 0.364 e. The highest BCUT2D eigenvalue weighted by Crippen LogP contribution is 2.41. The van der Waals surface area contributed by atoms with E-state index in [-0.39, 0.29) is 12.3 Å². The molecule has 43 heteroatoms. The van der Waals surface area contributed by atoms with Crippen LogP contribution < -0.4 is 21.3 Å². The van der Waals surface area contributed by atoms with Gasteiger partial charge in [0.25, 0.3) is 11.6 Å². The van der Waals surface area contributed by atoms with Gasteiger partial charge in [-0.2, -0.15) is 0 Å². The lowest BCUT2D eigenvalue weighted by Crippen LogP contribution is -2.71. The molecule has 6 saturated heterocycles. The van der Waals surface area contributed by atoms with Gasteiger partial charge in [0.15, 0.2) is 25.2 Å². The molecule has 0 aromatic carbocycles. The van der Waals surface area contributed by atoms with E-state index >= 15 is 0 Å². The average Bonchev–Trinajstić information content (AvgIpc) is 0.747. The van der Waals surface area contributed by atoms with Gasteiger partial charge in [0.1, 0.15) is 134 Å². The molecule has 4 amide bonds. The van der Waals surface area contributed by atoms with Crippen molar-refractivity contribution in [1.29, 1.82) is 0 Å². The van der Waals surface area contributed by atoms with Crippen LogP contribution in [-0.2, 0) is 85.6 Å². The molecule has 6 heterocycles. The summed E-state index contributed by atoms with van der Waals surface area (Å²) in [5.41, 5.74) is 0. The maximum absolute atomic E-state index is 13.8. The second kappa shape index (κ2) is 59.6. The van der Waals surface area contributed by atoms with Crippen LogP contribution in [0.2, 0.25) is 0 Å². The number of amides is 4. The van der Waals surface area contributed by atoms with Crippen molar-refractivity contribution in [1.82, 2.24) is 21.3 Å². The lowest BCUT2D eigenvalue weighted by molar-refractivity contribution is -0.383.